The molecule has 0 saturated carbocycles. The second-order valence-electron chi connectivity index (χ2n) is 6.82. The molecule has 160 valence electrons. The lowest BCUT2D eigenvalue weighted by Gasteiger charge is -2.12. The second kappa shape index (κ2) is 11.6. The number of nitrogens with one attached hydrogen (secondary N) is 3. The standard InChI is InChI=1S/C20H32N6O2S/c1-4-21-20(22-11-8-13-26-18(3)15-17(2)25-26)23-12-14-29(27,28)24-16-19-9-6-5-7-10-19/h5-7,9-10,15,24H,4,8,11-14,16H2,1-3H3,(H2,21,22,23). The molecule has 0 unspecified atom stereocenters. The molecule has 1 aromatic carbocycles. The van der Waals surface area contributed by atoms with E-state index in [0.717, 1.165) is 29.9 Å². The molecule has 0 saturated heterocycles. The molecule has 0 aliphatic rings. The van der Waals surface area contributed by atoms with Crippen LogP contribution in [0, 0.1) is 13.8 Å². The molecule has 0 fully saturated rings. The molecule has 1 aromatic heterocycles. The zero-order valence-corrected chi connectivity index (χ0v) is 18.3. The number of sulfonamides is 1. The first-order valence-electron chi connectivity index (χ1n) is 9.94. The SMILES string of the molecule is CCNC(=NCCCn1nc(C)cc1C)NCCS(=O)(=O)NCc1ccccc1. The van der Waals surface area contributed by atoms with Crippen molar-refractivity contribution >= 4 is 16.0 Å². The number of hydrogen-bond acceptors (Lipinski definition) is 4. The Hall–Kier alpha value is -2.39. The Labute approximate surface area is 173 Å². The Kier molecular flexibility index (Phi) is 9.14. The van der Waals surface area contributed by atoms with E-state index in [9.17, 15) is 8.42 Å². The first kappa shape index (κ1) is 22.9. The summed E-state index contributed by atoms with van der Waals surface area (Å²) in [5, 5.41) is 10.7. The van der Waals surface area contributed by atoms with Crippen LogP contribution in [0.5, 0.6) is 0 Å². The smallest absolute Gasteiger partial charge is 0.213 e. The summed E-state index contributed by atoms with van der Waals surface area (Å²) in [6.45, 7) is 8.73. The van der Waals surface area contributed by atoms with E-state index in [1.54, 1.807) is 0 Å². The van der Waals surface area contributed by atoms with Crippen molar-refractivity contribution < 1.29 is 8.42 Å². The third-order valence-electron chi connectivity index (χ3n) is 4.25. The molecule has 8 nitrogen and oxygen atoms in total. The second-order valence-corrected chi connectivity index (χ2v) is 8.74. The van der Waals surface area contributed by atoms with Crippen LogP contribution in [0.3, 0.4) is 0 Å². The minimum Gasteiger partial charge on any atom is -0.357 e. The van der Waals surface area contributed by atoms with Crippen molar-refractivity contribution in [2.24, 2.45) is 4.99 Å². The Bertz CT molecular complexity index is 878. The summed E-state index contributed by atoms with van der Waals surface area (Å²) in [6.07, 6.45) is 0.857. The summed E-state index contributed by atoms with van der Waals surface area (Å²) in [5.41, 5.74) is 3.09. The summed E-state index contributed by atoms with van der Waals surface area (Å²) >= 11 is 0. The maximum atomic E-state index is 12.2. The zero-order chi connectivity index (χ0) is 21.1. The fourth-order valence-corrected chi connectivity index (χ4v) is 3.72. The highest BCUT2D eigenvalue weighted by atomic mass is 32.2. The number of benzene rings is 1. The van der Waals surface area contributed by atoms with Crippen LogP contribution in [0.25, 0.3) is 0 Å². The van der Waals surface area contributed by atoms with Crippen molar-refractivity contribution in [2.45, 2.75) is 40.3 Å². The summed E-state index contributed by atoms with van der Waals surface area (Å²) < 4.78 is 28.9. The van der Waals surface area contributed by atoms with Gasteiger partial charge in [-0.3, -0.25) is 9.67 Å². The summed E-state index contributed by atoms with van der Waals surface area (Å²) in [6, 6.07) is 11.5. The van der Waals surface area contributed by atoms with Gasteiger partial charge in [0.15, 0.2) is 5.96 Å². The van der Waals surface area contributed by atoms with Crippen molar-refractivity contribution in [2.75, 3.05) is 25.4 Å². The van der Waals surface area contributed by atoms with Crippen LogP contribution in [0.1, 0.15) is 30.3 Å². The van der Waals surface area contributed by atoms with Gasteiger partial charge in [-0.25, -0.2) is 13.1 Å². The largest absolute Gasteiger partial charge is 0.357 e. The molecular weight excluding hydrogens is 388 g/mol. The molecule has 1 heterocycles. The third kappa shape index (κ3) is 8.66. The van der Waals surface area contributed by atoms with Crippen molar-refractivity contribution in [3.8, 4) is 0 Å². The van der Waals surface area contributed by atoms with Crippen LogP contribution in [-0.2, 0) is 23.1 Å². The number of aryl methyl sites for hydroxylation is 3. The van der Waals surface area contributed by atoms with Gasteiger partial charge < -0.3 is 10.6 Å². The van der Waals surface area contributed by atoms with E-state index in [1.165, 1.54) is 0 Å². The van der Waals surface area contributed by atoms with Crippen LogP contribution < -0.4 is 15.4 Å². The molecular formula is C20H32N6O2S. The van der Waals surface area contributed by atoms with Gasteiger partial charge in [0.05, 0.1) is 11.4 Å². The first-order chi connectivity index (χ1) is 13.9. The van der Waals surface area contributed by atoms with Crippen molar-refractivity contribution in [3.05, 3.63) is 53.3 Å². The van der Waals surface area contributed by atoms with E-state index in [1.807, 2.05) is 55.8 Å². The molecule has 0 aliphatic carbocycles. The van der Waals surface area contributed by atoms with Crippen LogP contribution in [0.15, 0.2) is 41.4 Å². The number of aliphatic imine (C=N–C) groups is 1. The van der Waals surface area contributed by atoms with Gasteiger partial charge in [-0.15, -0.1) is 0 Å². The number of guanidine groups is 1. The first-order valence-corrected chi connectivity index (χ1v) is 11.6. The predicted molar refractivity (Wildman–Crippen MR) is 117 cm³/mol. The normalized spacial score (nSPS) is 12.2. The predicted octanol–water partition coefficient (Wildman–Crippen LogP) is 1.56. The summed E-state index contributed by atoms with van der Waals surface area (Å²) in [7, 11) is -3.36. The Morgan fingerprint density at radius 3 is 2.59 bits per heavy atom. The van der Waals surface area contributed by atoms with Crippen molar-refractivity contribution in [1.82, 2.24) is 25.1 Å². The lowest BCUT2D eigenvalue weighted by Crippen LogP contribution is -2.41. The van der Waals surface area contributed by atoms with Gasteiger partial charge in [-0.2, -0.15) is 5.10 Å². The molecule has 0 atom stereocenters. The number of rotatable bonds is 11. The van der Waals surface area contributed by atoms with Crippen LogP contribution in [0.2, 0.25) is 0 Å². The quantitative estimate of drug-likeness (QED) is 0.291. The average Bonchev–Trinajstić information content (AvgIpc) is 3.01. The van der Waals surface area contributed by atoms with E-state index in [-0.39, 0.29) is 12.3 Å². The lowest BCUT2D eigenvalue weighted by molar-refractivity contribution is 0.567. The minimum atomic E-state index is -3.36. The van der Waals surface area contributed by atoms with Crippen molar-refractivity contribution in [3.63, 3.8) is 0 Å². The number of hydrogen-bond donors (Lipinski definition) is 3. The fraction of sp³-hybridized carbons (Fsp3) is 0.500. The lowest BCUT2D eigenvalue weighted by atomic mass is 10.2. The molecule has 0 spiro atoms. The molecule has 9 heteroatoms. The zero-order valence-electron chi connectivity index (χ0n) is 17.5. The van der Waals surface area contributed by atoms with E-state index in [2.05, 4.69) is 31.5 Å². The highest BCUT2D eigenvalue weighted by Crippen LogP contribution is 2.02. The Morgan fingerprint density at radius 2 is 1.93 bits per heavy atom. The molecule has 2 rings (SSSR count). The van der Waals surface area contributed by atoms with Gasteiger partial charge in [0.2, 0.25) is 10.0 Å². The van der Waals surface area contributed by atoms with Crippen LogP contribution in [-0.4, -0.2) is 49.5 Å². The highest BCUT2D eigenvalue weighted by Gasteiger charge is 2.10. The van der Waals surface area contributed by atoms with E-state index in [4.69, 9.17) is 0 Å². The molecule has 0 aliphatic heterocycles. The maximum Gasteiger partial charge on any atom is 0.213 e. The van der Waals surface area contributed by atoms with Gasteiger partial charge >= 0.3 is 0 Å². The van der Waals surface area contributed by atoms with Crippen LogP contribution >= 0.6 is 0 Å². The number of nitrogens with zero attached hydrogens (tertiary/aromatic N) is 3. The molecule has 0 radical (unpaired) electrons. The van der Waals surface area contributed by atoms with Gasteiger partial charge in [-0.05, 0) is 38.8 Å². The average molecular weight is 421 g/mol. The molecule has 0 amide bonds. The van der Waals surface area contributed by atoms with Gasteiger partial charge in [-0.1, -0.05) is 30.3 Å². The molecule has 2 aromatic rings. The van der Waals surface area contributed by atoms with Gasteiger partial charge in [0.25, 0.3) is 0 Å². The van der Waals surface area contributed by atoms with E-state index < -0.39 is 10.0 Å². The van der Waals surface area contributed by atoms with Crippen LogP contribution in [0.4, 0.5) is 0 Å². The fourth-order valence-electron chi connectivity index (χ4n) is 2.82. The van der Waals surface area contributed by atoms with Gasteiger partial charge in [0, 0.05) is 38.4 Å². The molecule has 3 N–H and O–H groups in total. The van der Waals surface area contributed by atoms with E-state index >= 15 is 0 Å². The topological polar surface area (TPSA) is 100 Å². The summed E-state index contributed by atoms with van der Waals surface area (Å²) in [4.78, 5) is 4.52. The highest BCUT2D eigenvalue weighted by molar-refractivity contribution is 7.89. The van der Waals surface area contributed by atoms with Crippen molar-refractivity contribution in [1.29, 1.82) is 0 Å². The monoisotopic (exact) mass is 420 g/mol. The van der Waals surface area contributed by atoms with E-state index in [0.29, 0.717) is 25.6 Å². The van der Waals surface area contributed by atoms with Gasteiger partial charge in [0.1, 0.15) is 0 Å². The summed E-state index contributed by atoms with van der Waals surface area (Å²) in [5.74, 6) is 0.606. The third-order valence-corrected chi connectivity index (χ3v) is 5.57. The number of aromatic nitrogens is 2. The molecule has 29 heavy (non-hydrogen) atoms. The Morgan fingerprint density at radius 1 is 1.17 bits per heavy atom. The maximum absolute atomic E-state index is 12.2. The molecule has 0 bridgehead atoms. The Balaban J connectivity index is 1.74. The minimum absolute atomic E-state index is 0.0179.